The Balaban J connectivity index is 0.000000342. The predicted octanol–water partition coefficient (Wildman–Crippen LogP) is 2.99. The van der Waals surface area contributed by atoms with Crippen LogP contribution in [-0.4, -0.2) is 18.8 Å². The number of pyridine rings is 1. The van der Waals surface area contributed by atoms with Gasteiger partial charge in [-0.25, -0.2) is 13.4 Å². The molecule has 132 valence electrons. The second-order valence-electron chi connectivity index (χ2n) is 5.16. The molecular formula is C20H17NO4S. The van der Waals surface area contributed by atoms with Crippen LogP contribution in [0.3, 0.4) is 0 Å². The van der Waals surface area contributed by atoms with Gasteiger partial charge in [-0.1, -0.05) is 54.6 Å². The van der Waals surface area contributed by atoms with Crippen LogP contribution < -0.4 is 4.98 Å². The van der Waals surface area contributed by atoms with Crippen molar-refractivity contribution in [3.8, 4) is 0 Å². The number of ketones is 1. The molecule has 0 fully saturated rings. The molecule has 5 nitrogen and oxygen atoms in total. The number of carbonyl (C=O) groups is 1. The number of nitrogens with one attached hydrogen (secondary N) is 1. The minimum Gasteiger partial charge on any atom is -0.744 e. The first-order chi connectivity index (χ1) is 12.5. The van der Waals surface area contributed by atoms with E-state index in [1.807, 2.05) is 36.7 Å². The standard InChI is InChI=1S/C15H12O4S.C5H5N/c16-15(13-4-2-1-3-5-13)11-8-12-6-9-14(10-7-12)20(17,18)19;1-2-4-6-5-3-1/h1-11H,(H,17,18,19);1-5H/b11-8+;. The molecule has 3 aromatic rings. The maximum atomic E-state index is 11.8. The van der Waals surface area contributed by atoms with Crippen LogP contribution in [0, 0.1) is 0 Å². The van der Waals surface area contributed by atoms with E-state index in [2.05, 4.69) is 4.98 Å². The topological polar surface area (TPSA) is 88.4 Å². The van der Waals surface area contributed by atoms with Crippen LogP contribution in [0.5, 0.6) is 0 Å². The molecule has 6 heteroatoms. The van der Waals surface area contributed by atoms with Gasteiger partial charge in [-0.2, -0.15) is 0 Å². The van der Waals surface area contributed by atoms with Gasteiger partial charge < -0.3 is 4.55 Å². The van der Waals surface area contributed by atoms with E-state index < -0.39 is 10.1 Å². The Morgan fingerprint density at radius 1 is 0.846 bits per heavy atom. The van der Waals surface area contributed by atoms with E-state index in [4.69, 9.17) is 0 Å². The zero-order chi connectivity index (χ0) is 18.8. The summed E-state index contributed by atoms with van der Waals surface area (Å²) in [5.41, 5.74) is 1.21. The zero-order valence-electron chi connectivity index (χ0n) is 13.8. The highest BCUT2D eigenvalue weighted by Gasteiger charge is 2.01. The fraction of sp³-hybridized carbons (Fsp3) is 0. The second kappa shape index (κ2) is 9.41. The molecule has 2 aromatic carbocycles. The Morgan fingerprint density at radius 2 is 1.42 bits per heavy atom. The first-order valence-corrected chi connectivity index (χ1v) is 9.12. The molecule has 0 saturated heterocycles. The molecule has 0 aliphatic heterocycles. The van der Waals surface area contributed by atoms with Gasteiger partial charge in [0, 0.05) is 17.7 Å². The quantitative estimate of drug-likeness (QED) is 0.403. The molecule has 0 saturated carbocycles. The smallest absolute Gasteiger partial charge is 0.185 e. The predicted molar refractivity (Wildman–Crippen MR) is 97.2 cm³/mol. The third-order valence-electron chi connectivity index (χ3n) is 3.26. The van der Waals surface area contributed by atoms with E-state index in [9.17, 15) is 17.8 Å². The fourth-order valence-electron chi connectivity index (χ4n) is 1.96. The van der Waals surface area contributed by atoms with Crippen LogP contribution in [-0.2, 0) is 10.1 Å². The first kappa shape index (κ1) is 19.2. The normalized spacial score (nSPS) is 10.8. The van der Waals surface area contributed by atoms with Crippen molar-refractivity contribution in [3.63, 3.8) is 0 Å². The van der Waals surface area contributed by atoms with Gasteiger partial charge in [0.15, 0.2) is 18.2 Å². The van der Waals surface area contributed by atoms with Crippen LogP contribution in [0.4, 0.5) is 0 Å². The molecule has 0 bridgehead atoms. The SMILES string of the molecule is O=C(/C=C/c1ccc(S(=O)(=O)[O-])cc1)c1ccccc1.c1cc[nH+]cc1. The number of aromatic amines is 1. The van der Waals surface area contributed by atoms with E-state index in [0.717, 1.165) is 0 Å². The molecule has 0 aliphatic rings. The Morgan fingerprint density at radius 3 is 1.88 bits per heavy atom. The lowest BCUT2D eigenvalue weighted by Crippen LogP contribution is -1.97. The number of H-pyrrole nitrogens is 1. The third kappa shape index (κ3) is 6.43. The molecule has 1 heterocycles. The van der Waals surface area contributed by atoms with Crippen molar-refractivity contribution in [1.82, 2.24) is 0 Å². The third-order valence-corrected chi connectivity index (χ3v) is 4.11. The molecule has 1 aromatic heterocycles. The van der Waals surface area contributed by atoms with Gasteiger partial charge in [0.1, 0.15) is 10.1 Å². The van der Waals surface area contributed by atoms with Crippen LogP contribution in [0.15, 0.2) is 96.2 Å². The van der Waals surface area contributed by atoms with E-state index in [-0.39, 0.29) is 10.7 Å². The molecular weight excluding hydrogens is 350 g/mol. The molecule has 0 unspecified atom stereocenters. The Labute approximate surface area is 152 Å². The lowest BCUT2D eigenvalue weighted by Gasteiger charge is -2.06. The number of hydrogen-bond acceptors (Lipinski definition) is 4. The summed E-state index contributed by atoms with van der Waals surface area (Å²) in [6.45, 7) is 0. The average molecular weight is 367 g/mol. The highest BCUT2D eigenvalue weighted by molar-refractivity contribution is 7.85. The van der Waals surface area contributed by atoms with Crippen molar-refractivity contribution >= 4 is 22.0 Å². The number of aromatic nitrogens is 1. The molecule has 26 heavy (non-hydrogen) atoms. The lowest BCUT2D eigenvalue weighted by molar-refractivity contribution is -0.377. The summed E-state index contributed by atoms with van der Waals surface area (Å²) in [7, 11) is -4.43. The number of hydrogen-bond donors (Lipinski definition) is 0. The first-order valence-electron chi connectivity index (χ1n) is 7.71. The van der Waals surface area contributed by atoms with Crippen molar-refractivity contribution in [3.05, 3.63) is 102 Å². The largest absolute Gasteiger partial charge is 0.744 e. The van der Waals surface area contributed by atoms with Crippen LogP contribution in [0.25, 0.3) is 6.08 Å². The Kier molecular flexibility index (Phi) is 6.96. The van der Waals surface area contributed by atoms with Gasteiger partial charge in [0.25, 0.3) is 0 Å². The summed E-state index contributed by atoms with van der Waals surface area (Å²) in [5, 5.41) is 0. The van der Waals surface area contributed by atoms with Gasteiger partial charge in [0.05, 0.1) is 4.90 Å². The minimum absolute atomic E-state index is 0.147. The summed E-state index contributed by atoms with van der Waals surface area (Å²) in [6.07, 6.45) is 6.71. The van der Waals surface area contributed by atoms with Gasteiger partial charge in [-0.05, 0) is 23.8 Å². The molecule has 1 N–H and O–H groups in total. The van der Waals surface area contributed by atoms with Gasteiger partial charge >= 0.3 is 0 Å². The number of rotatable bonds is 4. The van der Waals surface area contributed by atoms with Crippen molar-refractivity contribution in [2.45, 2.75) is 4.90 Å². The molecule has 0 amide bonds. The van der Waals surface area contributed by atoms with Crippen molar-refractivity contribution in [2.75, 3.05) is 0 Å². The van der Waals surface area contributed by atoms with E-state index >= 15 is 0 Å². The summed E-state index contributed by atoms with van der Waals surface area (Å²) in [6, 6.07) is 20.0. The van der Waals surface area contributed by atoms with Crippen molar-refractivity contribution in [1.29, 1.82) is 0 Å². The Bertz CT molecular complexity index is 925. The van der Waals surface area contributed by atoms with Crippen molar-refractivity contribution < 1.29 is 22.7 Å². The summed E-state index contributed by atoms with van der Waals surface area (Å²) >= 11 is 0. The van der Waals surface area contributed by atoms with Gasteiger partial charge in [-0.15, -0.1) is 0 Å². The highest BCUT2D eigenvalue weighted by Crippen LogP contribution is 2.11. The van der Waals surface area contributed by atoms with Crippen LogP contribution in [0.2, 0.25) is 0 Å². The van der Waals surface area contributed by atoms with E-state index in [0.29, 0.717) is 11.1 Å². The van der Waals surface area contributed by atoms with E-state index in [1.165, 1.54) is 30.3 Å². The van der Waals surface area contributed by atoms with Gasteiger partial charge in [0.2, 0.25) is 0 Å². The van der Waals surface area contributed by atoms with Gasteiger partial charge in [-0.3, -0.25) is 4.79 Å². The molecule has 0 spiro atoms. The molecule has 0 atom stereocenters. The monoisotopic (exact) mass is 367 g/mol. The molecule has 0 radical (unpaired) electrons. The number of allylic oxidation sites excluding steroid dienone is 1. The van der Waals surface area contributed by atoms with Crippen LogP contribution in [0.1, 0.15) is 15.9 Å². The van der Waals surface area contributed by atoms with Crippen LogP contribution >= 0.6 is 0 Å². The average Bonchev–Trinajstić information content (AvgIpc) is 2.68. The van der Waals surface area contributed by atoms with Crippen molar-refractivity contribution in [2.24, 2.45) is 0 Å². The molecule has 3 rings (SSSR count). The zero-order valence-corrected chi connectivity index (χ0v) is 14.6. The lowest BCUT2D eigenvalue weighted by atomic mass is 10.1. The highest BCUT2D eigenvalue weighted by atomic mass is 32.2. The molecule has 0 aliphatic carbocycles. The second-order valence-corrected chi connectivity index (χ2v) is 6.54. The maximum Gasteiger partial charge on any atom is 0.185 e. The Hall–Kier alpha value is -3.09. The number of carbonyl (C=O) groups excluding carboxylic acids is 1. The minimum atomic E-state index is -4.43. The fourth-order valence-corrected chi connectivity index (χ4v) is 2.43. The summed E-state index contributed by atoms with van der Waals surface area (Å²) in [4.78, 5) is 14.4. The maximum absolute atomic E-state index is 11.8. The summed E-state index contributed by atoms with van der Waals surface area (Å²) in [5.74, 6) is -0.147. The number of benzene rings is 2. The summed E-state index contributed by atoms with van der Waals surface area (Å²) < 4.78 is 32.3. The van der Waals surface area contributed by atoms with E-state index in [1.54, 1.807) is 30.3 Å².